The lowest BCUT2D eigenvalue weighted by Gasteiger charge is -2.00. The molecule has 16 heavy (non-hydrogen) atoms. The molecule has 0 atom stereocenters. The van der Waals surface area contributed by atoms with Crippen LogP contribution in [0.3, 0.4) is 0 Å². The van der Waals surface area contributed by atoms with Gasteiger partial charge in [0.2, 0.25) is 5.13 Å². The van der Waals surface area contributed by atoms with E-state index in [9.17, 15) is 0 Å². The highest BCUT2D eigenvalue weighted by atomic mass is 32.1. The number of nitrogens with zero attached hydrogens (tertiary/aromatic N) is 3. The molecular formula is C11H14N4S. The Morgan fingerprint density at radius 1 is 1.44 bits per heavy atom. The second kappa shape index (κ2) is 5.55. The van der Waals surface area contributed by atoms with Crippen molar-refractivity contribution in [1.29, 1.82) is 0 Å². The standard InChI is InChI=1S/C11H14N4S/c1-2-4-10-14-11(16-15-10)13-8-9-5-3-6-12-7-9/h3,5-7H,2,4,8H2,1H3,(H,13,14,15). The SMILES string of the molecule is CCCc1nsc(NCc2cccnc2)n1. The van der Waals surface area contributed by atoms with E-state index >= 15 is 0 Å². The Labute approximate surface area is 98.9 Å². The summed E-state index contributed by atoms with van der Waals surface area (Å²) in [7, 11) is 0. The van der Waals surface area contributed by atoms with Gasteiger partial charge in [0.05, 0.1) is 0 Å². The van der Waals surface area contributed by atoms with E-state index < -0.39 is 0 Å². The fourth-order valence-electron chi connectivity index (χ4n) is 1.33. The van der Waals surface area contributed by atoms with E-state index in [-0.39, 0.29) is 0 Å². The quantitative estimate of drug-likeness (QED) is 0.863. The first kappa shape index (κ1) is 11.0. The van der Waals surface area contributed by atoms with Crippen LogP contribution in [0.4, 0.5) is 5.13 Å². The molecule has 4 nitrogen and oxygen atoms in total. The summed E-state index contributed by atoms with van der Waals surface area (Å²) in [6, 6.07) is 3.97. The second-order valence-corrected chi connectivity index (χ2v) is 4.23. The molecule has 0 aliphatic carbocycles. The summed E-state index contributed by atoms with van der Waals surface area (Å²) in [5.41, 5.74) is 1.15. The first-order valence-electron chi connectivity index (χ1n) is 5.34. The Hall–Kier alpha value is -1.49. The van der Waals surface area contributed by atoms with Gasteiger partial charge in [0.25, 0.3) is 0 Å². The van der Waals surface area contributed by atoms with E-state index in [0.717, 1.165) is 35.9 Å². The molecule has 0 radical (unpaired) electrons. The minimum Gasteiger partial charge on any atom is -0.356 e. The molecule has 2 heterocycles. The molecule has 0 bridgehead atoms. The topological polar surface area (TPSA) is 50.7 Å². The Morgan fingerprint density at radius 2 is 2.38 bits per heavy atom. The van der Waals surface area contributed by atoms with E-state index in [1.54, 1.807) is 6.20 Å². The van der Waals surface area contributed by atoms with Crippen LogP contribution in [0.15, 0.2) is 24.5 Å². The van der Waals surface area contributed by atoms with E-state index in [1.165, 1.54) is 11.5 Å². The van der Waals surface area contributed by atoms with Gasteiger partial charge >= 0.3 is 0 Å². The average molecular weight is 234 g/mol. The molecular weight excluding hydrogens is 220 g/mol. The van der Waals surface area contributed by atoms with Crippen LogP contribution in [0.1, 0.15) is 24.7 Å². The summed E-state index contributed by atoms with van der Waals surface area (Å²) < 4.78 is 4.27. The van der Waals surface area contributed by atoms with Gasteiger partial charge in [-0.15, -0.1) is 0 Å². The summed E-state index contributed by atoms with van der Waals surface area (Å²) in [5, 5.41) is 4.13. The maximum absolute atomic E-state index is 4.39. The largest absolute Gasteiger partial charge is 0.356 e. The summed E-state index contributed by atoms with van der Waals surface area (Å²) in [6.07, 6.45) is 5.65. The Bertz CT molecular complexity index is 427. The van der Waals surface area contributed by atoms with Crippen molar-refractivity contribution in [1.82, 2.24) is 14.3 Å². The summed E-state index contributed by atoms with van der Waals surface area (Å²) >= 11 is 1.42. The van der Waals surface area contributed by atoms with Crippen LogP contribution in [-0.4, -0.2) is 14.3 Å². The molecule has 0 saturated carbocycles. The van der Waals surface area contributed by atoms with Crippen LogP contribution in [-0.2, 0) is 13.0 Å². The monoisotopic (exact) mass is 234 g/mol. The third kappa shape index (κ3) is 3.00. The zero-order valence-electron chi connectivity index (χ0n) is 9.18. The van der Waals surface area contributed by atoms with Crippen LogP contribution in [0.2, 0.25) is 0 Å². The molecule has 0 aromatic carbocycles. The fourth-order valence-corrected chi connectivity index (χ4v) is 1.94. The van der Waals surface area contributed by atoms with Gasteiger partial charge in [-0.25, -0.2) is 4.98 Å². The summed E-state index contributed by atoms with van der Waals surface area (Å²) in [4.78, 5) is 8.45. The highest BCUT2D eigenvalue weighted by Crippen LogP contribution is 2.13. The molecule has 2 aromatic rings. The minimum atomic E-state index is 0.745. The molecule has 2 aromatic heterocycles. The fraction of sp³-hybridized carbons (Fsp3) is 0.364. The summed E-state index contributed by atoms with van der Waals surface area (Å²) in [5.74, 6) is 0.932. The van der Waals surface area contributed by atoms with Crippen molar-refractivity contribution < 1.29 is 0 Å². The minimum absolute atomic E-state index is 0.745. The van der Waals surface area contributed by atoms with Gasteiger partial charge < -0.3 is 5.32 Å². The van der Waals surface area contributed by atoms with Crippen LogP contribution in [0.5, 0.6) is 0 Å². The molecule has 2 rings (SSSR count). The van der Waals surface area contributed by atoms with Gasteiger partial charge in [0.15, 0.2) is 0 Å². The number of hydrogen-bond donors (Lipinski definition) is 1. The van der Waals surface area contributed by atoms with E-state index in [4.69, 9.17) is 0 Å². The third-order valence-electron chi connectivity index (χ3n) is 2.11. The van der Waals surface area contributed by atoms with Crippen molar-refractivity contribution in [2.24, 2.45) is 0 Å². The van der Waals surface area contributed by atoms with Crippen LogP contribution in [0, 0.1) is 0 Å². The van der Waals surface area contributed by atoms with Gasteiger partial charge in [0.1, 0.15) is 5.82 Å². The van der Waals surface area contributed by atoms with E-state index in [2.05, 4.69) is 26.6 Å². The first-order valence-corrected chi connectivity index (χ1v) is 6.11. The predicted octanol–water partition coefficient (Wildman–Crippen LogP) is 2.50. The molecule has 0 saturated heterocycles. The van der Waals surface area contributed by atoms with E-state index in [0.29, 0.717) is 0 Å². The molecule has 0 aliphatic heterocycles. The van der Waals surface area contributed by atoms with E-state index in [1.807, 2.05) is 18.3 Å². The van der Waals surface area contributed by atoms with Crippen molar-refractivity contribution in [3.63, 3.8) is 0 Å². The molecule has 0 aliphatic rings. The lowest BCUT2D eigenvalue weighted by atomic mass is 10.3. The molecule has 84 valence electrons. The maximum Gasteiger partial charge on any atom is 0.202 e. The van der Waals surface area contributed by atoms with Crippen LogP contribution >= 0.6 is 11.5 Å². The maximum atomic E-state index is 4.39. The highest BCUT2D eigenvalue weighted by molar-refractivity contribution is 7.09. The van der Waals surface area contributed by atoms with Gasteiger partial charge in [-0.2, -0.15) is 4.37 Å². The molecule has 0 fully saturated rings. The van der Waals surface area contributed by atoms with Gasteiger partial charge in [-0.1, -0.05) is 13.0 Å². The number of aryl methyl sites for hydroxylation is 1. The Kier molecular flexibility index (Phi) is 3.82. The first-order chi connectivity index (χ1) is 7.88. The zero-order valence-corrected chi connectivity index (χ0v) is 10.00. The molecule has 0 unspecified atom stereocenters. The van der Waals surface area contributed by atoms with Crippen LogP contribution < -0.4 is 5.32 Å². The Morgan fingerprint density at radius 3 is 3.12 bits per heavy atom. The number of nitrogens with one attached hydrogen (secondary N) is 1. The van der Waals surface area contributed by atoms with Crippen molar-refractivity contribution >= 4 is 16.7 Å². The average Bonchev–Trinajstić information content (AvgIpc) is 2.76. The van der Waals surface area contributed by atoms with Crippen molar-refractivity contribution in [3.8, 4) is 0 Å². The number of anilines is 1. The smallest absolute Gasteiger partial charge is 0.202 e. The van der Waals surface area contributed by atoms with Gasteiger partial charge in [-0.05, 0) is 18.1 Å². The highest BCUT2D eigenvalue weighted by Gasteiger charge is 2.02. The number of pyridine rings is 1. The number of hydrogen-bond acceptors (Lipinski definition) is 5. The van der Waals surface area contributed by atoms with Crippen molar-refractivity contribution in [3.05, 3.63) is 35.9 Å². The lowest BCUT2D eigenvalue weighted by molar-refractivity contribution is 0.861. The number of rotatable bonds is 5. The summed E-state index contributed by atoms with van der Waals surface area (Å²) in [6.45, 7) is 2.87. The molecule has 0 amide bonds. The third-order valence-corrected chi connectivity index (χ3v) is 2.82. The lowest BCUT2D eigenvalue weighted by Crippen LogP contribution is -1.99. The number of aromatic nitrogens is 3. The Balaban J connectivity index is 1.89. The second-order valence-electron chi connectivity index (χ2n) is 3.48. The van der Waals surface area contributed by atoms with Gasteiger partial charge in [0, 0.05) is 36.9 Å². The normalized spacial score (nSPS) is 10.3. The molecule has 1 N–H and O–H groups in total. The predicted molar refractivity (Wildman–Crippen MR) is 65.5 cm³/mol. The van der Waals surface area contributed by atoms with Crippen molar-refractivity contribution in [2.75, 3.05) is 5.32 Å². The van der Waals surface area contributed by atoms with Crippen LogP contribution in [0.25, 0.3) is 0 Å². The van der Waals surface area contributed by atoms with Gasteiger partial charge in [-0.3, -0.25) is 4.98 Å². The molecule has 0 spiro atoms. The molecule has 5 heteroatoms. The van der Waals surface area contributed by atoms with Crippen molar-refractivity contribution in [2.45, 2.75) is 26.3 Å². The zero-order chi connectivity index (χ0) is 11.2.